The van der Waals surface area contributed by atoms with Gasteiger partial charge in [0.25, 0.3) is 0 Å². The summed E-state index contributed by atoms with van der Waals surface area (Å²) in [6, 6.07) is 3.70. The van der Waals surface area contributed by atoms with E-state index < -0.39 is 0 Å². The maximum atomic E-state index is 5.79. The second kappa shape index (κ2) is 5.30. The molecule has 0 bridgehead atoms. The van der Waals surface area contributed by atoms with Crippen LogP contribution in [0.1, 0.15) is 12.6 Å². The summed E-state index contributed by atoms with van der Waals surface area (Å²) < 4.78 is 1.83. The minimum absolute atomic E-state index is 0.374. The number of rotatable bonds is 4. The first-order valence-corrected chi connectivity index (χ1v) is 7.41. The SMILES string of the molecule is C=C(N)c1cc2cn[nH]c2c(-c2n[nH]c(-c3ccnn3CC)n2)n1. The molecule has 4 aromatic heterocycles. The number of aromatic amines is 2. The van der Waals surface area contributed by atoms with E-state index in [9.17, 15) is 0 Å². The zero-order chi connectivity index (χ0) is 16.7. The summed E-state index contributed by atoms with van der Waals surface area (Å²) in [7, 11) is 0. The summed E-state index contributed by atoms with van der Waals surface area (Å²) in [6.45, 7) is 6.50. The third-order valence-electron chi connectivity index (χ3n) is 3.71. The van der Waals surface area contributed by atoms with E-state index in [1.807, 2.05) is 23.7 Å². The van der Waals surface area contributed by atoms with Gasteiger partial charge in [0.2, 0.25) is 5.82 Å². The molecule has 4 aromatic rings. The Morgan fingerprint density at radius 3 is 3.00 bits per heavy atom. The third-order valence-corrected chi connectivity index (χ3v) is 3.71. The predicted molar refractivity (Wildman–Crippen MR) is 89.4 cm³/mol. The lowest BCUT2D eigenvalue weighted by molar-refractivity contribution is 0.664. The van der Waals surface area contributed by atoms with Crippen LogP contribution in [0.4, 0.5) is 0 Å². The molecule has 0 saturated heterocycles. The summed E-state index contributed by atoms with van der Waals surface area (Å²) in [6.07, 6.45) is 3.43. The number of H-pyrrole nitrogens is 2. The lowest BCUT2D eigenvalue weighted by Gasteiger charge is -2.03. The molecule has 0 radical (unpaired) electrons. The molecule has 0 aliphatic carbocycles. The van der Waals surface area contributed by atoms with Crippen molar-refractivity contribution in [2.45, 2.75) is 13.5 Å². The Balaban J connectivity index is 1.87. The Labute approximate surface area is 136 Å². The Kier molecular flexibility index (Phi) is 3.12. The maximum absolute atomic E-state index is 5.79. The van der Waals surface area contributed by atoms with Gasteiger partial charge < -0.3 is 5.73 Å². The molecule has 0 aromatic carbocycles. The van der Waals surface area contributed by atoms with Gasteiger partial charge in [-0.25, -0.2) is 9.97 Å². The van der Waals surface area contributed by atoms with Gasteiger partial charge in [-0.15, -0.1) is 0 Å². The lowest BCUT2D eigenvalue weighted by Crippen LogP contribution is -2.00. The molecule has 0 aliphatic rings. The van der Waals surface area contributed by atoms with Gasteiger partial charge in [-0.3, -0.25) is 14.9 Å². The fourth-order valence-corrected chi connectivity index (χ4v) is 2.54. The minimum Gasteiger partial charge on any atom is -0.397 e. The summed E-state index contributed by atoms with van der Waals surface area (Å²) in [5.41, 5.74) is 8.91. The van der Waals surface area contributed by atoms with Crippen LogP contribution in [0.5, 0.6) is 0 Å². The molecule has 0 atom stereocenters. The van der Waals surface area contributed by atoms with E-state index in [4.69, 9.17) is 5.73 Å². The molecule has 0 spiro atoms. The van der Waals surface area contributed by atoms with Crippen LogP contribution in [0.2, 0.25) is 0 Å². The molecule has 0 fully saturated rings. The molecule has 0 saturated carbocycles. The Morgan fingerprint density at radius 1 is 1.33 bits per heavy atom. The average molecular weight is 321 g/mol. The van der Waals surface area contributed by atoms with Crippen LogP contribution >= 0.6 is 0 Å². The van der Waals surface area contributed by atoms with Crippen molar-refractivity contribution in [2.24, 2.45) is 5.73 Å². The van der Waals surface area contributed by atoms with Crippen molar-refractivity contribution in [3.05, 3.63) is 36.8 Å². The van der Waals surface area contributed by atoms with Gasteiger partial charge in [-0.05, 0) is 19.1 Å². The first kappa shape index (κ1) is 14.1. The molecule has 9 heteroatoms. The molecule has 120 valence electrons. The number of nitrogens with two attached hydrogens (primary N) is 1. The number of aromatic nitrogens is 8. The fourth-order valence-electron chi connectivity index (χ4n) is 2.54. The van der Waals surface area contributed by atoms with Crippen LogP contribution < -0.4 is 5.73 Å². The van der Waals surface area contributed by atoms with Crippen molar-refractivity contribution in [2.75, 3.05) is 0 Å². The topological polar surface area (TPSA) is 127 Å². The highest BCUT2D eigenvalue weighted by atomic mass is 15.3. The molecule has 9 nitrogen and oxygen atoms in total. The largest absolute Gasteiger partial charge is 0.397 e. The summed E-state index contributed by atoms with van der Waals surface area (Å²) in [5, 5.41) is 19.3. The van der Waals surface area contributed by atoms with Crippen molar-refractivity contribution in [1.82, 2.24) is 40.1 Å². The normalized spacial score (nSPS) is 11.2. The first-order valence-electron chi connectivity index (χ1n) is 7.41. The number of nitrogens with zero attached hydrogens (tertiary/aromatic N) is 6. The van der Waals surface area contributed by atoms with E-state index >= 15 is 0 Å². The van der Waals surface area contributed by atoms with E-state index in [0.29, 0.717) is 28.7 Å². The first-order chi connectivity index (χ1) is 11.7. The zero-order valence-electron chi connectivity index (χ0n) is 13.0. The summed E-state index contributed by atoms with van der Waals surface area (Å²) in [4.78, 5) is 9.07. The number of hydrogen-bond donors (Lipinski definition) is 3. The molecular weight excluding hydrogens is 306 g/mol. The van der Waals surface area contributed by atoms with E-state index in [-0.39, 0.29) is 0 Å². The van der Waals surface area contributed by atoms with Crippen LogP contribution in [0, 0.1) is 0 Å². The molecule has 0 aliphatic heterocycles. The van der Waals surface area contributed by atoms with Gasteiger partial charge in [0.05, 0.1) is 23.1 Å². The van der Waals surface area contributed by atoms with Gasteiger partial charge in [0.1, 0.15) is 11.4 Å². The van der Waals surface area contributed by atoms with Gasteiger partial charge >= 0.3 is 0 Å². The number of pyridine rings is 1. The van der Waals surface area contributed by atoms with E-state index in [0.717, 1.165) is 23.1 Å². The zero-order valence-corrected chi connectivity index (χ0v) is 13.0. The van der Waals surface area contributed by atoms with Gasteiger partial charge in [0.15, 0.2) is 5.82 Å². The Bertz CT molecular complexity index is 1040. The van der Waals surface area contributed by atoms with Crippen molar-refractivity contribution in [3.8, 4) is 23.0 Å². The van der Waals surface area contributed by atoms with Gasteiger partial charge in [-0.2, -0.15) is 15.3 Å². The van der Waals surface area contributed by atoms with Crippen molar-refractivity contribution in [1.29, 1.82) is 0 Å². The van der Waals surface area contributed by atoms with Crippen molar-refractivity contribution < 1.29 is 0 Å². The molecule has 24 heavy (non-hydrogen) atoms. The molecule has 4 heterocycles. The van der Waals surface area contributed by atoms with Crippen LogP contribution in [0.25, 0.3) is 39.6 Å². The molecular formula is C15H15N9. The summed E-state index contributed by atoms with van der Waals surface area (Å²) in [5.74, 6) is 1.07. The number of fused-ring (bicyclic) bond motifs is 1. The molecule has 0 amide bonds. The van der Waals surface area contributed by atoms with Crippen LogP contribution in [0.15, 0.2) is 31.1 Å². The standard InChI is InChI=1S/C15H15N9/c1-3-24-11(4-5-18-24)14-20-15(23-22-14)13-12-9(7-17-21-12)6-10(19-13)8(2)16/h4-7H,2-3,16H2,1H3,(H,17,21)(H,20,22,23). The maximum Gasteiger partial charge on any atom is 0.202 e. The average Bonchev–Trinajstić information content (AvgIpc) is 3.31. The monoisotopic (exact) mass is 321 g/mol. The van der Waals surface area contributed by atoms with E-state index in [1.54, 1.807) is 12.4 Å². The Morgan fingerprint density at radius 2 is 2.21 bits per heavy atom. The van der Waals surface area contributed by atoms with E-state index in [1.165, 1.54) is 0 Å². The summed E-state index contributed by atoms with van der Waals surface area (Å²) >= 11 is 0. The molecule has 4 rings (SSSR count). The second-order valence-electron chi connectivity index (χ2n) is 5.26. The van der Waals surface area contributed by atoms with Gasteiger partial charge in [-0.1, -0.05) is 6.58 Å². The predicted octanol–water partition coefficient (Wildman–Crippen LogP) is 1.56. The lowest BCUT2D eigenvalue weighted by atomic mass is 10.2. The van der Waals surface area contributed by atoms with Crippen molar-refractivity contribution >= 4 is 16.6 Å². The molecule has 4 N–H and O–H groups in total. The molecule has 0 unspecified atom stereocenters. The number of aryl methyl sites for hydroxylation is 1. The highest BCUT2D eigenvalue weighted by molar-refractivity contribution is 5.91. The quantitative estimate of drug-likeness (QED) is 0.523. The fraction of sp³-hybridized carbons (Fsp3) is 0.133. The highest BCUT2D eigenvalue weighted by Crippen LogP contribution is 2.26. The van der Waals surface area contributed by atoms with Gasteiger partial charge in [0, 0.05) is 18.1 Å². The van der Waals surface area contributed by atoms with Crippen LogP contribution in [0.3, 0.4) is 0 Å². The van der Waals surface area contributed by atoms with Crippen LogP contribution in [-0.2, 0) is 6.54 Å². The highest BCUT2D eigenvalue weighted by Gasteiger charge is 2.17. The number of nitrogens with one attached hydrogen (secondary N) is 2. The smallest absolute Gasteiger partial charge is 0.202 e. The van der Waals surface area contributed by atoms with E-state index in [2.05, 4.69) is 42.0 Å². The minimum atomic E-state index is 0.374. The Hall–Kier alpha value is -3.49. The van der Waals surface area contributed by atoms with Crippen molar-refractivity contribution in [3.63, 3.8) is 0 Å². The third kappa shape index (κ3) is 2.14. The van der Waals surface area contributed by atoms with Crippen LogP contribution in [-0.4, -0.2) is 40.1 Å². The second-order valence-corrected chi connectivity index (χ2v) is 5.26. The number of hydrogen-bond acceptors (Lipinski definition) is 6.